The Morgan fingerprint density at radius 1 is 1.38 bits per heavy atom. The predicted molar refractivity (Wildman–Crippen MR) is 87.3 cm³/mol. The van der Waals surface area contributed by atoms with Crippen molar-refractivity contribution in [1.82, 2.24) is 19.7 Å². The zero-order valence-corrected chi connectivity index (χ0v) is 13.3. The van der Waals surface area contributed by atoms with Crippen LogP contribution in [0.25, 0.3) is 11.3 Å². The summed E-state index contributed by atoms with van der Waals surface area (Å²) in [4.78, 5) is 20.5. The first-order valence-electron chi connectivity index (χ1n) is 8.31. The van der Waals surface area contributed by atoms with Gasteiger partial charge >= 0.3 is 0 Å². The van der Waals surface area contributed by atoms with Crippen molar-refractivity contribution in [2.75, 3.05) is 11.9 Å². The Bertz CT molecular complexity index is 815. The summed E-state index contributed by atoms with van der Waals surface area (Å²) >= 11 is 0. The van der Waals surface area contributed by atoms with Crippen LogP contribution in [0.5, 0.6) is 0 Å². The van der Waals surface area contributed by atoms with Gasteiger partial charge in [0, 0.05) is 11.8 Å². The quantitative estimate of drug-likeness (QED) is 0.929. The molecule has 122 valence electrons. The van der Waals surface area contributed by atoms with E-state index in [1.165, 1.54) is 19.2 Å². The zero-order chi connectivity index (χ0) is 16.5. The summed E-state index contributed by atoms with van der Waals surface area (Å²) in [6.45, 7) is 0.258. The number of nitrogens with zero attached hydrogens (tertiary/aromatic N) is 5. The van der Waals surface area contributed by atoms with E-state index in [1.54, 1.807) is 6.20 Å². The van der Waals surface area contributed by atoms with Crippen LogP contribution in [-0.2, 0) is 0 Å². The molecule has 1 saturated carbocycles. The van der Waals surface area contributed by atoms with Crippen molar-refractivity contribution in [3.05, 3.63) is 24.3 Å². The van der Waals surface area contributed by atoms with E-state index in [0.29, 0.717) is 29.4 Å². The van der Waals surface area contributed by atoms with E-state index in [1.807, 2.05) is 10.9 Å². The first kappa shape index (κ1) is 14.8. The van der Waals surface area contributed by atoms with E-state index >= 15 is 0 Å². The molecule has 7 heteroatoms. The van der Waals surface area contributed by atoms with Crippen LogP contribution in [0, 0.1) is 17.2 Å². The van der Waals surface area contributed by atoms with Gasteiger partial charge in [-0.25, -0.2) is 9.97 Å². The van der Waals surface area contributed by atoms with E-state index in [4.69, 9.17) is 0 Å². The highest BCUT2D eigenvalue weighted by atomic mass is 16.1. The lowest BCUT2D eigenvalue weighted by Gasteiger charge is -2.21. The van der Waals surface area contributed by atoms with Gasteiger partial charge in [-0.15, -0.1) is 0 Å². The smallest absolute Gasteiger partial charge is 0.187 e. The Morgan fingerprint density at radius 3 is 3.00 bits per heavy atom. The van der Waals surface area contributed by atoms with Crippen LogP contribution in [0.4, 0.5) is 5.82 Å². The summed E-state index contributed by atoms with van der Waals surface area (Å²) in [6.07, 6.45) is 10.3. The van der Waals surface area contributed by atoms with Gasteiger partial charge in [-0.3, -0.25) is 9.48 Å². The number of ketones is 1. The molecular weight excluding hydrogens is 304 g/mol. The lowest BCUT2D eigenvalue weighted by atomic mass is 9.96. The minimum atomic E-state index is -0.00211. The summed E-state index contributed by atoms with van der Waals surface area (Å²) in [5.41, 5.74) is 1.95. The number of carbonyl (C=O) groups excluding carboxylic acids is 1. The van der Waals surface area contributed by atoms with Gasteiger partial charge in [-0.2, -0.15) is 10.4 Å². The van der Waals surface area contributed by atoms with Gasteiger partial charge in [0.2, 0.25) is 0 Å². The van der Waals surface area contributed by atoms with E-state index < -0.39 is 0 Å². The van der Waals surface area contributed by atoms with Gasteiger partial charge in [-0.1, -0.05) is 12.8 Å². The summed E-state index contributed by atoms with van der Waals surface area (Å²) < 4.78 is 1.88. The van der Waals surface area contributed by atoms with Gasteiger partial charge in [0.1, 0.15) is 12.1 Å². The average molecular weight is 322 g/mol. The van der Waals surface area contributed by atoms with Crippen LogP contribution in [0.1, 0.15) is 48.5 Å². The van der Waals surface area contributed by atoms with E-state index in [2.05, 4.69) is 26.5 Å². The molecule has 0 radical (unpaired) electrons. The van der Waals surface area contributed by atoms with Gasteiger partial charge < -0.3 is 5.32 Å². The maximum atomic E-state index is 12.1. The molecule has 1 aliphatic carbocycles. The van der Waals surface area contributed by atoms with Crippen molar-refractivity contribution in [2.24, 2.45) is 5.92 Å². The molecule has 2 aromatic rings. The number of hydrogen-bond acceptors (Lipinski definition) is 6. The Morgan fingerprint density at radius 2 is 2.21 bits per heavy atom. The molecule has 1 fully saturated rings. The molecule has 2 aliphatic rings. The molecular formula is C17H18N6O. The van der Waals surface area contributed by atoms with Gasteiger partial charge in [-0.05, 0) is 18.8 Å². The number of rotatable bonds is 4. The predicted octanol–water partition coefficient (Wildman–Crippen LogP) is 2.59. The molecule has 0 spiro atoms. The van der Waals surface area contributed by atoms with Crippen molar-refractivity contribution in [2.45, 2.75) is 38.1 Å². The number of nitriles is 1. The van der Waals surface area contributed by atoms with Crippen molar-refractivity contribution < 1.29 is 4.79 Å². The second-order valence-corrected chi connectivity index (χ2v) is 6.41. The maximum absolute atomic E-state index is 12.1. The highest BCUT2D eigenvalue weighted by Gasteiger charge is 2.29. The van der Waals surface area contributed by atoms with Crippen LogP contribution >= 0.6 is 0 Å². The fraction of sp³-hybridized carbons (Fsp3) is 0.471. The second-order valence-electron chi connectivity index (χ2n) is 6.41. The number of hydrogen-bond donors (Lipinski definition) is 1. The van der Waals surface area contributed by atoms with Gasteiger partial charge in [0.15, 0.2) is 5.78 Å². The second kappa shape index (κ2) is 6.04. The Labute approximate surface area is 139 Å². The molecule has 4 rings (SSSR count). The van der Waals surface area contributed by atoms with Crippen molar-refractivity contribution >= 4 is 11.6 Å². The summed E-state index contributed by atoms with van der Waals surface area (Å²) in [7, 11) is 0. The monoisotopic (exact) mass is 322 g/mol. The normalized spacial score (nSPS) is 18.2. The number of carbonyl (C=O) groups is 1. The van der Waals surface area contributed by atoms with E-state index in [-0.39, 0.29) is 18.4 Å². The molecule has 1 aliphatic heterocycles. The Hall–Kier alpha value is -2.75. The standard InChI is InChI=1S/C17H18N6O/c18-6-5-13(11-3-1-2-4-11)23-9-12(7-22-23)16-15-14(24)8-19-17(15)21-10-20-16/h7,9-11,13H,1-5,8H2,(H,19,20,21). The number of Topliss-reactive ketones (excluding diaryl/α,β-unsaturated/α-hetero) is 1. The van der Waals surface area contributed by atoms with Crippen LogP contribution < -0.4 is 5.32 Å². The number of anilines is 1. The molecule has 0 saturated heterocycles. The number of nitrogens with one attached hydrogen (secondary N) is 1. The lowest BCUT2D eigenvalue weighted by Crippen LogP contribution is -2.17. The third-order valence-electron chi connectivity index (χ3n) is 5.00. The molecule has 1 atom stereocenters. The molecule has 0 amide bonds. The Kier molecular flexibility index (Phi) is 3.73. The summed E-state index contributed by atoms with van der Waals surface area (Å²) in [6, 6.07) is 2.38. The molecule has 24 heavy (non-hydrogen) atoms. The molecule has 2 aromatic heterocycles. The highest BCUT2D eigenvalue weighted by Crippen LogP contribution is 2.37. The molecule has 0 aromatic carbocycles. The Balaban J connectivity index is 1.69. The summed E-state index contributed by atoms with van der Waals surface area (Å²) in [5.74, 6) is 1.08. The first-order valence-corrected chi connectivity index (χ1v) is 8.31. The molecule has 7 nitrogen and oxygen atoms in total. The van der Waals surface area contributed by atoms with Gasteiger partial charge in [0.05, 0.1) is 42.5 Å². The minimum Gasteiger partial charge on any atom is -0.362 e. The van der Waals surface area contributed by atoms with E-state index in [0.717, 1.165) is 18.4 Å². The molecule has 1 N–H and O–H groups in total. The first-order chi connectivity index (χ1) is 11.8. The number of fused-ring (bicyclic) bond motifs is 1. The van der Waals surface area contributed by atoms with Gasteiger partial charge in [0.25, 0.3) is 0 Å². The SMILES string of the molecule is N#CCC(C1CCCC1)n1cc(-c2ncnc3c2C(=O)CN3)cn1. The summed E-state index contributed by atoms with van der Waals surface area (Å²) in [5, 5.41) is 16.6. The lowest BCUT2D eigenvalue weighted by molar-refractivity contribution is 0.101. The van der Waals surface area contributed by atoms with Crippen LogP contribution in [0.2, 0.25) is 0 Å². The van der Waals surface area contributed by atoms with E-state index in [9.17, 15) is 10.1 Å². The minimum absolute atomic E-state index is 0.00211. The van der Waals surface area contributed by atoms with Crippen LogP contribution in [-0.4, -0.2) is 32.1 Å². The fourth-order valence-electron chi connectivity index (χ4n) is 3.81. The average Bonchev–Trinajstić information content (AvgIpc) is 3.34. The number of aromatic nitrogens is 4. The molecule has 0 bridgehead atoms. The third kappa shape index (κ3) is 2.44. The largest absolute Gasteiger partial charge is 0.362 e. The molecule has 3 heterocycles. The maximum Gasteiger partial charge on any atom is 0.187 e. The fourth-order valence-corrected chi connectivity index (χ4v) is 3.81. The molecule has 1 unspecified atom stereocenters. The van der Waals surface area contributed by atoms with Crippen molar-refractivity contribution in [3.63, 3.8) is 0 Å². The van der Waals surface area contributed by atoms with Crippen molar-refractivity contribution in [3.8, 4) is 17.3 Å². The zero-order valence-electron chi connectivity index (χ0n) is 13.3. The topological polar surface area (TPSA) is 96.5 Å². The van der Waals surface area contributed by atoms with Crippen LogP contribution in [0.3, 0.4) is 0 Å². The third-order valence-corrected chi connectivity index (χ3v) is 5.00. The van der Waals surface area contributed by atoms with Crippen LogP contribution in [0.15, 0.2) is 18.7 Å². The highest BCUT2D eigenvalue weighted by molar-refractivity contribution is 6.11. The van der Waals surface area contributed by atoms with Crippen molar-refractivity contribution in [1.29, 1.82) is 5.26 Å².